The normalized spacial score (nSPS) is 26.4. The minimum atomic E-state index is -0.291. The fourth-order valence-electron chi connectivity index (χ4n) is 3.29. The topological polar surface area (TPSA) is 69.4 Å². The maximum atomic E-state index is 12.4. The summed E-state index contributed by atoms with van der Waals surface area (Å²) < 4.78 is 5.22. The predicted octanol–water partition coefficient (Wildman–Crippen LogP) is 2.51. The molecule has 0 spiro atoms. The maximum Gasteiger partial charge on any atom is 0.339 e. The van der Waals surface area contributed by atoms with Gasteiger partial charge < -0.3 is 10.5 Å². The smallest absolute Gasteiger partial charge is 0.339 e. The van der Waals surface area contributed by atoms with Crippen LogP contribution < -0.4 is 5.73 Å². The van der Waals surface area contributed by atoms with E-state index in [1.54, 1.807) is 18.3 Å². The molecule has 5 heteroatoms. The van der Waals surface area contributed by atoms with Crippen LogP contribution in [0.25, 0.3) is 0 Å². The molecule has 4 nitrogen and oxygen atoms in total. The van der Waals surface area contributed by atoms with Gasteiger partial charge in [-0.15, -0.1) is 11.3 Å². The molecule has 22 heavy (non-hydrogen) atoms. The van der Waals surface area contributed by atoms with E-state index in [2.05, 4.69) is 6.92 Å². The van der Waals surface area contributed by atoms with Crippen LogP contribution in [0.15, 0.2) is 0 Å². The Balaban J connectivity index is 1.90. The molecule has 0 bridgehead atoms. The summed E-state index contributed by atoms with van der Waals surface area (Å²) in [5, 5.41) is 0. The minimum Gasteiger partial charge on any atom is -0.462 e. The molecule has 0 radical (unpaired) electrons. The van der Waals surface area contributed by atoms with Gasteiger partial charge >= 0.3 is 5.97 Å². The molecule has 1 saturated carbocycles. The molecule has 2 aliphatic carbocycles. The molecule has 0 saturated heterocycles. The fraction of sp³-hybridized carbons (Fsp3) is 0.647. The van der Waals surface area contributed by atoms with Crippen LogP contribution in [0.5, 0.6) is 0 Å². The van der Waals surface area contributed by atoms with Crippen molar-refractivity contribution in [3.8, 4) is 0 Å². The fourth-order valence-corrected chi connectivity index (χ4v) is 4.64. The number of hydrogen-bond donors (Lipinski definition) is 1. The molecule has 3 rings (SSSR count). The summed E-state index contributed by atoms with van der Waals surface area (Å²) >= 11 is 1.62. The molecule has 1 aromatic rings. The lowest BCUT2D eigenvalue weighted by Gasteiger charge is -2.18. The van der Waals surface area contributed by atoms with Crippen molar-refractivity contribution in [2.75, 3.05) is 6.61 Å². The van der Waals surface area contributed by atoms with E-state index in [1.807, 2.05) is 0 Å². The van der Waals surface area contributed by atoms with Gasteiger partial charge in [-0.3, -0.25) is 4.79 Å². The molecule has 120 valence electrons. The van der Waals surface area contributed by atoms with E-state index < -0.39 is 0 Å². The number of Topliss-reactive ketones (excluding diaryl/α,β-unsaturated/α-hetero) is 1. The Bertz CT molecular complexity index is 607. The van der Waals surface area contributed by atoms with Crippen molar-refractivity contribution in [2.45, 2.75) is 52.0 Å². The number of aryl methyl sites for hydroxylation is 1. The summed E-state index contributed by atoms with van der Waals surface area (Å²) in [6, 6.07) is 0.0993. The number of rotatable bonds is 5. The lowest BCUT2D eigenvalue weighted by Crippen LogP contribution is -2.28. The van der Waals surface area contributed by atoms with Crippen molar-refractivity contribution in [1.29, 1.82) is 0 Å². The van der Waals surface area contributed by atoms with Crippen LogP contribution in [0.1, 0.15) is 52.4 Å². The first kappa shape index (κ1) is 15.7. The number of nitrogens with two attached hydrogens (primary N) is 1. The molecule has 2 N–H and O–H groups in total. The molecule has 0 amide bonds. The summed E-state index contributed by atoms with van der Waals surface area (Å²) in [7, 11) is 0. The zero-order valence-corrected chi connectivity index (χ0v) is 14.0. The average molecular weight is 321 g/mol. The van der Waals surface area contributed by atoms with Gasteiger partial charge in [0.25, 0.3) is 0 Å². The van der Waals surface area contributed by atoms with Crippen LogP contribution in [0.2, 0.25) is 0 Å². The van der Waals surface area contributed by atoms with Crippen LogP contribution in [0, 0.1) is 11.8 Å². The van der Waals surface area contributed by atoms with Crippen LogP contribution >= 0.6 is 11.3 Å². The summed E-state index contributed by atoms with van der Waals surface area (Å²) in [5.74, 6) is 0.666. The summed E-state index contributed by atoms with van der Waals surface area (Å²) in [4.78, 5) is 26.8. The zero-order chi connectivity index (χ0) is 15.9. The van der Waals surface area contributed by atoms with Gasteiger partial charge in [0.05, 0.1) is 12.2 Å². The van der Waals surface area contributed by atoms with Gasteiger partial charge in [0.2, 0.25) is 0 Å². The number of ether oxygens (including phenoxy) is 1. The quantitative estimate of drug-likeness (QED) is 0.846. The van der Waals surface area contributed by atoms with Crippen LogP contribution in [-0.4, -0.2) is 24.4 Å². The molecule has 1 heterocycles. The standard InChI is InChI=1S/C17H23NO3S/c1-3-21-17(20)16-12-7-10(18)4-5-14(12)22-15(16)8-13(19)11-6-9(11)2/h9-11H,3-8,18H2,1-2H3/t9-,10-,11-/m0/s1. The van der Waals surface area contributed by atoms with Gasteiger partial charge in [-0.25, -0.2) is 4.79 Å². The third-order valence-electron chi connectivity index (χ3n) is 4.71. The number of ketones is 1. The van der Waals surface area contributed by atoms with Gasteiger partial charge in [-0.2, -0.15) is 0 Å². The van der Waals surface area contributed by atoms with E-state index >= 15 is 0 Å². The molecule has 0 aromatic carbocycles. The van der Waals surface area contributed by atoms with Gasteiger partial charge in [-0.05, 0) is 44.1 Å². The molecule has 2 aliphatic rings. The Morgan fingerprint density at radius 2 is 2.14 bits per heavy atom. The lowest BCUT2D eigenvalue weighted by atomic mass is 9.91. The highest BCUT2D eigenvalue weighted by Crippen LogP contribution is 2.41. The first-order valence-electron chi connectivity index (χ1n) is 8.10. The second-order valence-electron chi connectivity index (χ2n) is 6.49. The Kier molecular flexibility index (Phi) is 4.37. The van der Waals surface area contributed by atoms with Crippen LogP contribution in [-0.2, 0) is 28.8 Å². The van der Waals surface area contributed by atoms with E-state index in [4.69, 9.17) is 10.5 Å². The number of thiophene rings is 1. The third kappa shape index (κ3) is 2.97. The number of hydrogen-bond acceptors (Lipinski definition) is 5. The molecular weight excluding hydrogens is 298 g/mol. The van der Waals surface area contributed by atoms with Crippen LogP contribution in [0.3, 0.4) is 0 Å². The van der Waals surface area contributed by atoms with Gasteiger partial charge in [0.1, 0.15) is 5.78 Å². The van der Waals surface area contributed by atoms with E-state index in [-0.39, 0.29) is 23.7 Å². The maximum absolute atomic E-state index is 12.4. The first-order valence-corrected chi connectivity index (χ1v) is 8.91. The Morgan fingerprint density at radius 3 is 2.77 bits per heavy atom. The van der Waals surface area contributed by atoms with Crippen molar-refractivity contribution in [2.24, 2.45) is 17.6 Å². The van der Waals surface area contributed by atoms with Gasteiger partial charge in [0, 0.05) is 28.1 Å². The molecule has 0 unspecified atom stereocenters. The number of carbonyl (C=O) groups is 2. The summed E-state index contributed by atoms with van der Waals surface area (Å²) in [6.07, 6.45) is 3.93. The molecule has 0 aliphatic heterocycles. The van der Waals surface area contributed by atoms with E-state index in [9.17, 15) is 9.59 Å². The molecule has 1 aromatic heterocycles. The van der Waals surface area contributed by atoms with Gasteiger partial charge in [0.15, 0.2) is 0 Å². The highest BCUT2D eigenvalue weighted by Gasteiger charge is 2.39. The first-order chi connectivity index (χ1) is 10.5. The van der Waals surface area contributed by atoms with E-state index in [1.165, 1.54) is 4.88 Å². The second-order valence-corrected chi connectivity index (χ2v) is 7.68. The number of esters is 1. The van der Waals surface area contributed by atoms with Crippen molar-refractivity contribution < 1.29 is 14.3 Å². The van der Waals surface area contributed by atoms with Crippen molar-refractivity contribution in [3.63, 3.8) is 0 Å². The number of carbonyl (C=O) groups excluding carboxylic acids is 2. The Hall–Kier alpha value is -1.20. The monoisotopic (exact) mass is 321 g/mol. The largest absolute Gasteiger partial charge is 0.462 e. The van der Waals surface area contributed by atoms with Crippen LogP contribution in [0.4, 0.5) is 0 Å². The van der Waals surface area contributed by atoms with E-state index in [0.717, 1.165) is 29.7 Å². The summed E-state index contributed by atoms with van der Waals surface area (Å²) in [6.45, 7) is 4.26. The average Bonchev–Trinajstić information content (AvgIpc) is 3.09. The third-order valence-corrected chi connectivity index (χ3v) is 6.00. The Morgan fingerprint density at radius 1 is 1.41 bits per heavy atom. The van der Waals surface area contributed by atoms with E-state index in [0.29, 0.717) is 30.9 Å². The number of fused-ring (bicyclic) bond motifs is 1. The predicted molar refractivity (Wildman–Crippen MR) is 86.3 cm³/mol. The highest BCUT2D eigenvalue weighted by molar-refractivity contribution is 7.12. The Labute approximate surface area is 135 Å². The second kappa shape index (κ2) is 6.13. The lowest BCUT2D eigenvalue weighted by molar-refractivity contribution is -0.119. The van der Waals surface area contributed by atoms with Crippen molar-refractivity contribution in [3.05, 3.63) is 20.9 Å². The minimum absolute atomic E-state index is 0.0993. The molecule has 3 atom stereocenters. The molecular formula is C17H23NO3S. The SMILES string of the molecule is CCOC(=O)c1c(CC(=O)[C@H]2C[C@@H]2C)sc2c1C[C@@H](N)CC2. The molecule has 1 fully saturated rings. The highest BCUT2D eigenvalue weighted by atomic mass is 32.1. The zero-order valence-electron chi connectivity index (χ0n) is 13.2. The van der Waals surface area contributed by atoms with Crippen molar-refractivity contribution in [1.82, 2.24) is 0 Å². The van der Waals surface area contributed by atoms with Gasteiger partial charge in [-0.1, -0.05) is 6.92 Å². The van der Waals surface area contributed by atoms with Crippen molar-refractivity contribution >= 4 is 23.1 Å². The summed E-state index contributed by atoms with van der Waals surface area (Å²) in [5.41, 5.74) is 7.74.